The largest absolute Gasteiger partial charge is 0.480 e. The predicted molar refractivity (Wildman–Crippen MR) is 91.5 cm³/mol. The Balaban J connectivity index is 2.54. The highest BCUT2D eigenvalue weighted by Crippen LogP contribution is 2.17. The maximum atomic E-state index is 12.3. The molecule has 0 aliphatic heterocycles. The summed E-state index contributed by atoms with van der Waals surface area (Å²) in [5, 5.41) is 12.8. The third kappa shape index (κ3) is 6.59. The zero-order chi connectivity index (χ0) is 17.4. The van der Waals surface area contributed by atoms with Crippen LogP contribution in [0.4, 0.5) is 0 Å². The molecule has 0 spiro atoms. The minimum absolute atomic E-state index is 0.0504. The quantitative estimate of drug-likeness (QED) is 0.725. The van der Waals surface area contributed by atoms with Gasteiger partial charge in [-0.05, 0) is 25.0 Å². The first-order valence-corrected chi connectivity index (χ1v) is 8.19. The van der Waals surface area contributed by atoms with Crippen LogP contribution in [0, 0.1) is 0 Å². The van der Waals surface area contributed by atoms with Crippen molar-refractivity contribution in [3.63, 3.8) is 0 Å². The number of rotatable bonds is 9. The summed E-state index contributed by atoms with van der Waals surface area (Å²) in [6, 6.07) is 6.59. The molecule has 23 heavy (non-hydrogen) atoms. The van der Waals surface area contributed by atoms with Crippen LogP contribution < -0.4 is 5.32 Å². The van der Waals surface area contributed by atoms with Crippen LogP contribution in [-0.4, -0.2) is 41.0 Å². The molecule has 0 bridgehead atoms. The van der Waals surface area contributed by atoms with Gasteiger partial charge < -0.3 is 15.3 Å². The van der Waals surface area contributed by atoms with E-state index in [1.165, 1.54) is 0 Å². The fourth-order valence-corrected chi connectivity index (χ4v) is 2.55. The summed E-state index contributed by atoms with van der Waals surface area (Å²) in [6.07, 6.45) is 1.56. The van der Waals surface area contributed by atoms with E-state index in [4.69, 9.17) is 16.7 Å². The molecule has 1 amide bonds. The topological polar surface area (TPSA) is 69.6 Å². The number of aliphatic carboxylic acids is 1. The second-order valence-corrected chi connectivity index (χ2v) is 6.20. The van der Waals surface area contributed by atoms with Gasteiger partial charge in [-0.1, -0.05) is 43.1 Å². The van der Waals surface area contributed by atoms with Gasteiger partial charge in [-0.3, -0.25) is 9.59 Å². The number of carbonyl (C=O) groups excluding carboxylic acids is 1. The summed E-state index contributed by atoms with van der Waals surface area (Å²) in [7, 11) is 1.72. The van der Waals surface area contributed by atoms with Crippen molar-refractivity contribution < 1.29 is 14.7 Å². The summed E-state index contributed by atoms with van der Waals surface area (Å²) in [5.74, 6) is -0.930. The maximum absolute atomic E-state index is 12.3. The van der Waals surface area contributed by atoms with Crippen LogP contribution in [0.2, 0.25) is 5.02 Å². The maximum Gasteiger partial charge on any atom is 0.320 e. The molecule has 2 unspecified atom stereocenters. The van der Waals surface area contributed by atoms with E-state index in [0.717, 1.165) is 12.0 Å². The molecule has 2 atom stereocenters. The van der Waals surface area contributed by atoms with E-state index in [-0.39, 0.29) is 18.4 Å². The molecular formula is C17H25ClN2O3. The van der Waals surface area contributed by atoms with Crippen molar-refractivity contribution in [2.45, 2.75) is 51.7 Å². The molecule has 0 aromatic heterocycles. The molecule has 1 aromatic carbocycles. The Morgan fingerprint density at radius 1 is 1.35 bits per heavy atom. The minimum Gasteiger partial charge on any atom is -0.480 e. The van der Waals surface area contributed by atoms with Gasteiger partial charge in [-0.15, -0.1) is 0 Å². The van der Waals surface area contributed by atoms with E-state index in [1.54, 1.807) is 18.0 Å². The van der Waals surface area contributed by atoms with Gasteiger partial charge in [0.1, 0.15) is 6.04 Å². The number of hydrogen-bond acceptors (Lipinski definition) is 3. The van der Waals surface area contributed by atoms with Gasteiger partial charge in [-0.2, -0.15) is 0 Å². The minimum atomic E-state index is -0.879. The molecule has 2 N–H and O–H groups in total. The lowest BCUT2D eigenvalue weighted by molar-refractivity contribution is -0.140. The average Bonchev–Trinajstić information content (AvgIpc) is 2.48. The number of nitrogens with zero attached hydrogens (tertiary/aromatic N) is 1. The van der Waals surface area contributed by atoms with Crippen LogP contribution in [-0.2, 0) is 16.1 Å². The number of hydrogen-bond donors (Lipinski definition) is 2. The number of carbonyl (C=O) groups is 2. The van der Waals surface area contributed by atoms with Crippen LogP contribution in [0.3, 0.4) is 0 Å². The molecule has 0 heterocycles. The van der Waals surface area contributed by atoms with Gasteiger partial charge in [0.25, 0.3) is 0 Å². The molecule has 0 saturated carbocycles. The summed E-state index contributed by atoms with van der Waals surface area (Å²) in [4.78, 5) is 25.0. The fourth-order valence-electron chi connectivity index (χ4n) is 2.36. The predicted octanol–water partition coefficient (Wildman–Crippen LogP) is 2.92. The Hall–Kier alpha value is -1.59. The molecule has 0 aliphatic rings. The lowest BCUT2D eigenvalue weighted by Gasteiger charge is -2.23. The number of halogens is 1. The first kappa shape index (κ1) is 19.5. The van der Waals surface area contributed by atoms with Crippen molar-refractivity contribution in [2.24, 2.45) is 0 Å². The number of benzene rings is 1. The van der Waals surface area contributed by atoms with E-state index in [1.807, 2.05) is 32.0 Å². The highest BCUT2D eigenvalue weighted by atomic mass is 35.5. The highest BCUT2D eigenvalue weighted by molar-refractivity contribution is 6.31. The van der Waals surface area contributed by atoms with Gasteiger partial charge in [-0.25, -0.2) is 0 Å². The van der Waals surface area contributed by atoms with Crippen molar-refractivity contribution in [1.82, 2.24) is 10.2 Å². The standard InChI is InChI=1S/C17H25ClN2O3/c1-4-7-15(17(22)23)19-12(2)10-16(21)20(3)11-13-8-5-6-9-14(13)18/h5-6,8-9,12,15,19H,4,7,10-11H2,1-3H3,(H,22,23). The molecule has 0 fully saturated rings. The van der Waals surface area contributed by atoms with E-state index in [0.29, 0.717) is 18.0 Å². The number of amides is 1. The molecule has 0 saturated heterocycles. The molecule has 6 heteroatoms. The van der Waals surface area contributed by atoms with E-state index in [2.05, 4.69) is 5.32 Å². The lowest BCUT2D eigenvalue weighted by atomic mass is 10.1. The summed E-state index contributed by atoms with van der Waals surface area (Å²) >= 11 is 6.10. The Morgan fingerprint density at radius 2 is 2.00 bits per heavy atom. The molecule has 0 radical (unpaired) electrons. The molecule has 128 valence electrons. The number of nitrogens with one attached hydrogen (secondary N) is 1. The normalized spacial score (nSPS) is 13.4. The highest BCUT2D eigenvalue weighted by Gasteiger charge is 2.21. The first-order chi connectivity index (χ1) is 10.8. The molecule has 1 rings (SSSR count). The average molecular weight is 341 g/mol. The Bertz CT molecular complexity index is 536. The number of carboxylic acids is 1. The Morgan fingerprint density at radius 3 is 2.57 bits per heavy atom. The van der Waals surface area contributed by atoms with Crippen molar-refractivity contribution in [3.8, 4) is 0 Å². The van der Waals surface area contributed by atoms with Crippen molar-refractivity contribution >= 4 is 23.5 Å². The van der Waals surface area contributed by atoms with E-state index < -0.39 is 12.0 Å². The number of carboxylic acid groups (broad SMARTS) is 1. The summed E-state index contributed by atoms with van der Waals surface area (Å²) in [5.41, 5.74) is 0.889. The smallest absolute Gasteiger partial charge is 0.320 e. The van der Waals surface area contributed by atoms with Gasteiger partial charge in [0, 0.05) is 31.1 Å². The lowest BCUT2D eigenvalue weighted by Crippen LogP contribution is -2.44. The first-order valence-electron chi connectivity index (χ1n) is 7.81. The molecule has 0 aliphatic carbocycles. The monoisotopic (exact) mass is 340 g/mol. The van der Waals surface area contributed by atoms with Crippen molar-refractivity contribution in [2.75, 3.05) is 7.05 Å². The van der Waals surface area contributed by atoms with Crippen LogP contribution in [0.25, 0.3) is 0 Å². The molecule has 5 nitrogen and oxygen atoms in total. The van der Waals surface area contributed by atoms with Gasteiger partial charge in [0.2, 0.25) is 5.91 Å². The third-order valence-corrected chi connectivity index (χ3v) is 4.00. The zero-order valence-corrected chi connectivity index (χ0v) is 14.6. The van der Waals surface area contributed by atoms with Crippen LogP contribution in [0.1, 0.15) is 38.7 Å². The Labute approximate surface area is 142 Å². The van der Waals surface area contributed by atoms with Gasteiger partial charge in [0.15, 0.2) is 0 Å². The van der Waals surface area contributed by atoms with Crippen LogP contribution in [0.5, 0.6) is 0 Å². The zero-order valence-electron chi connectivity index (χ0n) is 13.9. The van der Waals surface area contributed by atoms with Crippen molar-refractivity contribution in [1.29, 1.82) is 0 Å². The second kappa shape index (κ2) is 9.53. The van der Waals surface area contributed by atoms with E-state index >= 15 is 0 Å². The second-order valence-electron chi connectivity index (χ2n) is 5.79. The summed E-state index contributed by atoms with van der Waals surface area (Å²) in [6.45, 7) is 4.19. The van der Waals surface area contributed by atoms with Crippen LogP contribution >= 0.6 is 11.6 Å². The third-order valence-electron chi connectivity index (χ3n) is 3.63. The van der Waals surface area contributed by atoms with Gasteiger partial charge >= 0.3 is 5.97 Å². The fraction of sp³-hybridized carbons (Fsp3) is 0.529. The molecular weight excluding hydrogens is 316 g/mol. The van der Waals surface area contributed by atoms with Crippen LogP contribution in [0.15, 0.2) is 24.3 Å². The SMILES string of the molecule is CCCC(NC(C)CC(=O)N(C)Cc1ccccc1Cl)C(=O)O. The Kier molecular flexibility index (Phi) is 8.06. The molecule has 1 aromatic rings. The van der Waals surface area contributed by atoms with E-state index in [9.17, 15) is 9.59 Å². The van der Waals surface area contributed by atoms with Gasteiger partial charge in [0.05, 0.1) is 0 Å². The van der Waals surface area contributed by atoms with Crippen molar-refractivity contribution in [3.05, 3.63) is 34.9 Å². The summed E-state index contributed by atoms with van der Waals surface area (Å²) < 4.78 is 0.